The summed E-state index contributed by atoms with van der Waals surface area (Å²) < 4.78 is 5.43. The highest BCUT2D eigenvalue weighted by atomic mass is 35.5. The number of methoxy groups -OCH3 is 1. The van der Waals surface area contributed by atoms with Crippen LogP contribution >= 0.6 is 23.4 Å². The molecule has 0 saturated heterocycles. The van der Waals surface area contributed by atoms with Crippen LogP contribution in [0.5, 0.6) is 0 Å². The summed E-state index contributed by atoms with van der Waals surface area (Å²) in [5, 5.41) is 0.490. The predicted molar refractivity (Wildman–Crippen MR) is 88.5 cm³/mol. The zero-order chi connectivity index (χ0) is 14.8. The minimum absolute atomic E-state index is 0.00527. The smallest absolute Gasteiger partial charge is 0.124 e. The largest absolute Gasteiger partial charge is 0.500 e. The number of hydrogen-bond donors (Lipinski definition) is 0. The van der Waals surface area contributed by atoms with Crippen molar-refractivity contribution in [3.63, 3.8) is 0 Å². The molecule has 0 spiro atoms. The fourth-order valence-corrected chi connectivity index (χ4v) is 3.76. The van der Waals surface area contributed by atoms with Crippen molar-refractivity contribution in [1.29, 1.82) is 0 Å². The number of carbonyl (C=O) groups excluding carboxylic acids is 1. The Morgan fingerprint density at radius 1 is 1.65 bits per heavy atom. The molecular weight excluding hydrogens is 292 g/mol. The van der Waals surface area contributed by atoms with E-state index in [-0.39, 0.29) is 5.38 Å². The van der Waals surface area contributed by atoms with Gasteiger partial charge < -0.3 is 9.53 Å². The van der Waals surface area contributed by atoms with Gasteiger partial charge in [0, 0.05) is 6.42 Å². The molecule has 0 aromatic rings. The van der Waals surface area contributed by atoms with Crippen LogP contribution in [-0.2, 0) is 9.53 Å². The van der Waals surface area contributed by atoms with Gasteiger partial charge in [0.05, 0.1) is 17.7 Å². The Labute approximate surface area is 132 Å². The lowest BCUT2D eigenvalue weighted by Gasteiger charge is -2.22. The van der Waals surface area contributed by atoms with Crippen LogP contribution in [-0.4, -0.2) is 29.8 Å². The molecule has 1 aliphatic carbocycles. The summed E-state index contributed by atoms with van der Waals surface area (Å²) in [5.41, 5.74) is 1.07. The third kappa shape index (κ3) is 5.92. The summed E-state index contributed by atoms with van der Waals surface area (Å²) in [6.07, 6.45) is 11.2. The van der Waals surface area contributed by atoms with Gasteiger partial charge in [0.1, 0.15) is 12.0 Å². The molecule has 0 aromatic heterocycles. The Kier molecular flexibility index (Phi) is 9.12. The highest BCUT2D eigenvalue weighted by Crippen LogP contribution is 2.30. The molecule has 1 rings (SSSR count). The quantitative estimate of drug-likeness (QED) is 0.266. The second-order valence-electron chi connectivity index (χ2n) is 4.92. The van der Waals surface area contributed by atoms with E-state index < -0.39 is 0 Å². The zero-order valence-electron chi connectivity index (χ0n) is 12.4. The molecule has 2 unspecified atom stereocenters. The average Bonchev–Trinajstić information content (AvgIpc) is 2.49. The third-order valence-electron chi connectivity index (χ3n) is 3.49. The first-order valence-corrected chi connectivity index (χ1v) is 8.83. The van der Waals surface area contributed by atoms with E-state index in [2.05, 4.69) is 12.2 Å². The number of allylic oxidation sites excluding steroid dienone is 3. The molecule has 0 heterocycles. The molecule has 0 fully saturated rings. The van der Waals surface area contributed by atoms with E-state index in [0.29, 0.717) is 11.7 Å². The molecule has 0 amide bonds. The van der Waals surface area contributed by atoms with Crippen molar-refractivity contribution in [2.75, 3.05) is 12.9 Å². The van der Waals surface area contributed by atoms with Crippen LogP contribution in [0.25, 0.3) is 0 Å². The number of halogens is 1. The second kappa shape index (κ2) is 10.3. The van der Waals surface area contributed by atoms with E-state index in [1.54, 1.807) is 7.11 Å². The van der Waals surface area contributed by atoms with Gasteiger partial charge in [0.2, 0.25) is 0 Å². The molecule has 0 radical (unpaired) electrons. The van der Waals surface area contributed by atoms with Gasteiger partial charge in [-0.05, 0) is 49.5 Å². The van der Waals surface area contributed by atoms with Gasteiger partial charge >= 0.3 is 0 Å². The first-order valence-electron chi connectivity index (χ1n) is 7.35. The molecule has 1 aliphatic rings. The minimum Gasteiger partial charge on any atom is -0.500 e. The maximum absolute atomic E-state index is 10.7. The molecule has 114 valence electrons. The van der Waals surface area contributed by atoms with Gasteiger partial charge in [-0.25, -0.2) is 0 Å². The van der Waals surface area contributed by atoms with Crippen LogP contribution < -0.4 is 0 Å². The molecule has 0 aromatic carbocycles. The topological polar surface area (TPSA) is 26.3 Å². The fraction of sp³-hybridized carbons (Fsp3) is 0.688. The van der Waals surface area contributed by atoms with Crippen molar-refractivity contribution in [2.45, 2.75) is 56.1 Å². The van der Waals surface area contributed by atoms with Gasteiger partial charge in [-0.15, -0.1) is 11.6 Å². The average molecular weight is 317 g/mol. The first-order chi connectivity index (χ1) is 9.72. The zero-order valence-corrected chi connectivity index (χ0v) is 14.0. The summed E-state index contributed by atoms with van der Waals surface area (Å²) in [5.74, 6) is 2.17. The van der Waals surface area contributed by atoms with E-state index in [9.17, 15) is 4.79 Å². The summed E-state index contributed by atoms with van der Waals surface area (Å²) >= 11 is 8.16. The van der Waals surface area contributed by atoms with Crippen LogP contribution in [0.15, 0.2) is 23.5 Å². The lowest BCUT2D eigenvalue weighted by molar-refractivity contribution is -0.107. The van der Waals surface area contributed by atoms with Crippen LogP contribution in [0.1, 0.15) is 45.4 Å². The summed E-state index contributed by atoms with van der Waals surface area (Å²) in [6.45, 7) is 2.04. The normalized spacial score (nSPS) is 21.2. The minimum atomic E-state index is -0.00527. The van der Waals surface area contributed by atoms with Crippen molar-refractivity contribution < 1.29 is 9.53 Å². The maximum Gasteiger partial charge on any atom is 0.124 e. The van der Waals surface area contributed by atoms with Crippen LogP contribution in [0, 0.1) is 0 Å². The number of ether oxygens (including phenoxy) is 1. The SMILES string of the molecule is CCC(Cl)/C(=C\CCSC1CCCC=C1OC)CC=O. The van der Waals surface area contributed by atoms with E-state index in [1.165, 1.54) is 12.8 Å². The van der Waals surface area contributed by atoms with E-state index in [0.717, 1.165) is 42.6 Å². The molecule has 20 heavy (non-hydrogen) atoms. The highest BCUT2D eigenvalue weighted by Gasteiger charge is 2.18. The predicted octanol–water partition coefficient (Wildman–Crippen LogP) is 4.73. The van der Waals surface area contributed by atoms with E-state index in [4.69, 9.17) is 16.3 Å². The summed E-state index contributed by atoms with van der Waals surface area (Å²) in [4.78, 5) is 10.7. The number of hydrogen-bond acceptors (Lipinski definition) is 3. The molecular formula is C16H25ClO2S. The Hall–Kier alpha value is -0.410. The molecule has 0 bridgehead atoms. The molecule has 2 atom stereocenters. The van der Waals surface area contributed by atoms with Crippen molar-refractivity contribution in [3.05, 3.63) is 23.5 Å². The van der Waals surface area contributed by atoms with Crippen molar-refractivity contribution in [1.82, 2.24) is 0 Å². The van der Waals surface area contributed by atoms with Crippen LogP contribution in [0.4, 0.5) is 0 Å². The van der Waals surface area contributed by atoms with Gasteiger partial charge in [0.15, 0.2) is 0 Å². The molecule has 0 aliphatic heterocycles. The van der Waals surface area contributed by atoms with Crippen molar-refractivity contribution in [2.24, 2.45) is 0 Å². The summed E-state index contributed by atoms with van der Waals surface area (Å²) in [6, 6.07) is 0. The van der Waals surface area contributed by atoms with Crippen molar-refractivity contribution in [3.8, 4) is 0 Å². The van der Waals surface area contributed by atoms with E-state index in [1.807, 2.05) is 18.7 Å². The first kappa shape index (κ1) is 17.6. The Bertz CT molecular complexity index is 352. The Balaban J connectivity index is 2.40. The lowest BCUT2D eigenvalue weighted by atomic mass is 10.1. The van der Waals surface area contributed by atoms with Crippen LogP contribution in [0.3, 0.4) is 0 Å². The monoisotopic (exact) mass is 316 g/mol. The maximum atomic E-state index is 10.7. The number of carbonyl (C=O) groups is 1. The van der Waals surface area contributed by atoms with E-state index >= 15 is 0 Å². The third-order valence-corrected chi connectivity index (χ3v) is 5.42. The van der Waals surface area contributed by atoms with Gasteiger partial charge in [0.25, 0.3) is 0 Å². The molecule has 0 N–H and O–H groups in total. The standard InChI is InChI=1S/C16H25ClO2S/c1-3-14(17)13(10-11-18)7-6-12-20-16-9-5-4-8-15(16)19-2/h7-8,11,14,16H,3-6,9-10,12H2,1-2H3/b13-7-. The number of rotatable bonds is 9. The number of aldehydes is 1. The second-order valence-corrected chi connectivity index (χ2v) is 6.75. The number of alkyl halides is 1. The van der Waals surface area contributed by atoms with Gasteiger partial charge in [-0.3, -0.25) is 0 Å². The van der Waals surface area contributed by atoms with Gasteiger partial charge in [-0.1, -0.05) is 13.0 Å². The molecule has 4 heteroatoms. The Morgan fingerprint density at radius 2 is 2.45 bits per heavy atom. The summed E-state index contributed by atoms with van der Waals surface area (Å²) in [7, 11) is 1.76. The fourth-order valence-electron chi connectivity index (χ4n) is 2.35. The Morgan fingerprint density at radius 3 is 3.10 bits per heavy atom. The van der Waals surface area contributed by atoms with Crippen molar-refractivity contribution >= 4 is 29.6 Å². The van der Waals surface area contributed by atoms with Gasteiger partial charge in [-0.2, -0.15) is 11.8 Å². The molecule has 0 saturated carbocycles. The molecule has 2 nitrogen and oxygen atoms in total. The highest BCUT2D eigenvalue weighted by molar-refractivity contribution is 8.00. The van der Waals surface area contributed by atoms with Crippen LogP contribution in [0.2, 0.25) is 0 Å². The number of thioether (sulfide) groups is 1. The lowest BCUT2D eigenvalue weighted by Crippen LogP contribution is -2.13.